The lowest BCUT2D eigenvalue weighted by atomic mass is 9.87. The number of aliphatic hydroxyl groups excluding tert-OH is 1. The second-order valence-corrected chi connectivity index (χ2v) is 7.94. The zero-order chi connectivity index (χ0) is 18.8. The number of halogens is 1. The van der Waals surface area contributed by atoms with Crippen LogP contribution in [0, 0.1) is 5.92 Å². The average Bonchev–Trinajstić information content (AvgIpc) is 3.12. The molecule has 0 saturated carbocycles. The molecule has 4 rings (SSSR count). The minimum Gasteiger partial charge on any atom is -0.388 e. The van der Waals surface area contributed by atoms with Crippen LogP contribution in [0.5, 0.6) is 0 Å². The van der Waals surface area contributed by atoms with E-state index >= 15 is 0 Å². The van der Waals surface area contributed by atoms with Gasteiger partial charge in [-0.05, 0) is 54.4 Å². The second-order valence-electron chi connectivity index (χ2n) is 7.53. The van der Waals surface area contributed by atoms with Crippen molar-refractivity contribution in [2.75, 3.05) is 13.1 Å². The smallest absolute Gasteiger partial charge is 0.317 e. The van der Waals surface area contributed by atoms with E-state index in [4.69, 9.17) is 11.6 Å². The molecule has 1 fully saturated rings. The van der Waals surface area contributed by atoms with Crippen LogP contribution in [0.25, 0.3) is 0 Å². The quantitative estimate of drug-likeness (QED) is 0.819. The number of carbonyl (C=O) groups excluding carboxylic acids is 1. The SMILES string of the molecule is O=C(NC1CCc2c(Cl)cccc21)N1CCC(C(O)c2ccccc2)CC1. The molecule has 2 unspecified atom stereocenters. The van der Waals surface area contributed by atoms with Crippen LogP contribution in [0.3, 0.4) is 0 Å². The van der Waals surface area contributed by atoms with Gasteiger partial charge in [-0.1, -0.05) is 54.1 Å². The van der Waals surface area contributed by atoms with Gasteiger partial charge in [-0.25, -0.2) is 4.79 Å². The van der Waals surface area contributed by atoms with Crippen molar-refractivity contribution in [1.82, 2.24) is 10.2 Å². The van der Waals surface area contributed by atoms with Gasteiger partial charge < -0.3 is 15.3 Å². The molecule has 1 saturated heterocycles. The zero-order valence-electron chi connectivity index (χ0n) is 15.3. The molecule has 2 N–H and O–H groups in total. The Balaban J connectivity index is 1.33. The van der Waals surface area contributed by atoms with Gasteiger partial charge in [0.05, 0.1) is 12.1 Å². The van der Waals surface area contributed by atoms with E-state index in [0.717, 1.165) is 47.4 Å². The minimum atomic E-state index is -0.458. The monoisotopic (exact) mass is 384 g/mol. The first-order chi connectivity index (χ1) is 13.1. The second kappa shape index (κ2) is 7.91. The Morgan fingerprint density at radius 3 is 2.56 bits per heavy atom. The Bertz CT molecular complexity index is 803. The number of urea groups is 1. The van der Waals surface area contributed by atoms with Gasteiger partial charge in [0.25, 0.3) is 0 Å². The van der Waals surface area contributed by atoms with Gasteiger partial charge in [0, 0.05) is 18.1 Å². The molecular formula is C22H25ClN2O2. The molecule has 4 nitrogen and oxygen atoms in total. The first-order valence-electron chi connectivity index (χ1n) is 9.69. The molecule has 2 aromatic rings. The predicted octanol–water partition coefficient (Wildman–Crippen LogP) is 4.48. The van der Waals surface area contributed by atoms with Crippen molar-refractivity contribution in [3.63, 3.8) is 0 Å². The lowest BCUT2D eigenvalue weighted by Gasteiger charge is -2.35. The number of hydrogen-bond acceptors (Lipinski definition) is 2. The normalized spacial score (nSPS) is 21.0. The third-order valence-electron chi connectivity index (χ3n) is 5.93. The average molecular weight is 385 g/mol. The Kier molecular flexibility index (Phi) is 5.37. The highest BCUT2D eigenvalue weighted by Gasteiger charge is 2.31. The predicted molar refractivity (Wildman–Crippen MR) is 107 cm³/mol. The number of rotatable bonds is 3. The number of nitrogens with one attached hydrogen (secondary N) is 1. The fourth-order valence-corrected chi connectivity index (χ4v) is 4.62. The van der Waals surface area contributed by atoms with E-state index in [1.165, 1.54) is 0 Å². The molecular weight excluding hydrogens is 360 g/mol. The van der Waals surface area contributed by atoms with E-state index in [2.05, 4.69) is 11.4 Å². The molecule has 2 aromatic carbocycles. The van der Waals surface area contributed by atoms with Gasteiger partial charge in [0.15, 0.2) is 0 Å². The maximum atomic E-state index is 12.7. The summed E-state index contributed by atoms with van der Waals surface area (Å²) in [6, 6.07) is 15.7. The lowest BCUT2D eigenvalue weighted by Crippen LogP contribution is -2.46. The maximum Gasteiger partial charge on any atom is 0.317 e. The number of likely N-dealkylation sites (tertiary alicyclic amines) is 1. The molecule has 0 bridgehead atoms. The van der Waals surface area contributed by atoms with Crippen molar-refractivity contribution >= 4 is 17.6 Å². The van der Waals surface area contributed by atoms with Crippen molar-refractivity contribution in [3.8, 4) is 0 Å². The van der Waals surface area contributed by atoms with Gasteiger partial charge in [-0.2, -0.15) is 0 Å². The Morgan fingerprint density at radius 1 is 1.07 bits per heavy atom. The van der Waals surface area contributed by atoms with Gasteiger partial charge in [-0.3, -0.25) is 0 Å². The van der Waals surface area contributed by atoms with Crippen LogP contribution in [0.1, 0.15) is 48.1 Å². The highest BCUT2D eigenvalue weighted by atomic mass is 35.5. The van der Waals surface area contributed by atoms with Crippen molar-refractivity contribution in [2.45, 2.75) is 37.8 Å². The molecule has 0 spiro atoms. The first kappa shape index (κ1) is 18.3. The number of nitrogens with zero attached hydrogens (tertiary/aromatic N) is 1. The summed E-state index contributed by atoms with van der Waals surface area (Å²) in [6.45, 7) is 1.35. The summed E-state index contributed by atoms with van der Waals surface area (Å²) in [5, 5.41) is 14.6. The Hall–Kier alpha value is -2.04. The molecule has 2 amide bonds. The van der Waals surface area contributed by atoms with E-state index in [1.54, 1.807) is 0 Å². The molecule has 142 valence electrons. The molecule has 2 aliphatic rings. The molecule has 1 aliphatic heterocycles. The standard InChI is InChI=1S/C22H25ClN2O2/c23-19-8-4-7-18-17(19)9-10-20(18)24-22(27)25-13-11-16(12-14-25)21(26)15-5-2-1-3-6-15/h1-8,16,20-21,26H,9-14H2,(H,24,27). The molecule has 1 heterocycles. The molecule has 27 heavy (non-hydrogen) atoms. The van der Waals surface area contributed by atoms with Crippen LogP contribution in [-0.4, -0.2) is 29.1 Å². The molecule has 0 radical (unpaired) electrons. The third kappa shape index (κ3) is 3.83. The first-order valence-corrected chi connectivity index (χ1v) is 10.1. The van der Waals surface area contributed by atoms with E-state index < -0.39 is 6.10 Å². The van der Waals surface area contributed by atoms with Crippen LogP contribution in [-0.2, 0) is 6.42 Å². The van der Waals surface area contributed by atoms with Crippen LogP contribution in [0.4, 0.5) is 4.79 Å². The number of amides is 2. The summed E-state index contributed by atoms with van der Waals surface area (Å²) < 4.78 is 0. The van der Waals surface area contributed by atoms with Crippen molar-refractivity contribution < 1.29 is 9.90 Å². The van der Waals surface area contributed by atoms with Crippen molar-refractivity contribution in [1.29, 1.82) is 0 Å². The number of piperidine rings is 1. The van der Waals surface area contributed by atoms with Crippen molar-refractivity contribution in [3.05, 3.63) is 70.2 Å². The summed E-state index contributed by atoms with van der Waals surface area (Å²) >= 11 is 6.27. The van der Waals surface area contributed by atoms with Gasteiger partial charge >= 0.3 is 6.03 Å². The van der Waals surface area contributed by atoms with E-state index in [0.29, 0.717) is 13.1 Å². The summed E-state index contributed by atoms with van der Waals surface area (Å²) in [5.41, 5.74) is 3.26. The topological polar surface area (TPSA) is 52.6 Å². The summed E-state index contributed by atoms with van der Waals surface area (Å²) in [7, 11) is 0. The van der Waals surface area contributed by atoms with Crippen LogP contribution in [0.15, 0.2) is 48.5 Å². The van der Waals surface area contributed by atoms with Crippen LogP contribution < -0.4 is 5.32 Å². The number of aliphatic hydroxyl groups is 1. The van der Waals surface area contributed by atoms with E-state index in [9.17, 15) is 9.90 Å². The fourth-order valence-electron chi connectivity index (χ4n) is 4.34. The highest BCUT2D eigenvalue weighted by molar-refractivity contribution is 6.31. The van der Waals surface area contributed by atoms with Gasteiger partial charge in [0.1, 0.15) is 0 Å². The molecule has 5 heteroatoms. The minimum absolute atomic E-state index is 0.0134. The molecule has 0 aromatic heterocycles. The zero-order valence-corrected chi connectivity index (χ0v) is 16.0. The van der Waals surface area contributed by atoms with E-state index in [1.807, 2.05) is 47.4 Å². The third-order valence-corrected chi connectivity index (χ3v) is 6.28. The number of carbonyl (C=O) groups is 1. The number of fused-ring (bicyclic) bond motifs is 1. The summed E-state index contributed by atoms with van der Waals surface area (Å²) in [5.74, 6) is 0.197. The van der Waals surface area contributed by atoms with Gasteiger partial charge in [0.2, 0.25) is 0 Å². The highest BCUT2D eigenvalue weighted by Crippen LogP contribution is 2.36. The van der Waals surface area contributed by atoms with Crippen LogP contribution in [0.2, 0.25) is 5.02 Å². The van der Waals surface area contributed by atoms with Crippen LogP contribution >= 0.6 is 11.6 Å². The Labute approximate surface area is 165 Å². The summed E-state index contributed by atoms with van der Waals surface area (Å²) in [6.07, 6.45) is 2.98. The van der Waals surface area contributed by atoms with Gasteiger partial charge in [-0.15, -0.1) is 0 Å². The number of benzene rings is 2. The van der Waals surface area contributed by atoms with Crippen molar-refractivity contribution in [2.24, 2.45) is 5.92 Å². The fraction of sp³-hybridized carbons (Fsp3) is 0.409. The molecule has 2 atom stereocenters. The summed E-state index contributed by atoms with van der Waals surface area (Å²) in [4.78, 5) is 14.6. The van der Waals surface area contributed by atoms with E-state index in [-0.39, 0.29) is 18.0 Å². The lowest BCUT2D eigenvalue weighted by molar-refractivity contribution is 0.0661. The largest absolute Gasteiger partial charge is 0.388 e. The Morgan fingerprint density at radius 2 is 1.81 bits per heavy atom. The maximum absolute atomic E-state index is 12.7. The molecule has 1 aliphatic carbocycles. The number of hydrogen-bond donors (Lipinski definition) is 2.